The molecule has 0 aromatic carbocycles. The number of hydrogen-bond donors (Lipinski definition) is 7. The van der Waals surface area contributed by atoms with Crippen molar-refractivity contribution in [2.24, 2.45) is 17.4 Å². The number of nitrogens with two attached hydrogens (primary N) is 2. The first-order valence-electron chi connectivity index (χ1n) is 8.79. The van der Waals surface area contributed by atoms with Gasteiger partial charge in [-0.2, -0.15) is 12.6 Å². The largest absolute Gasteiger partial charge is 0.480 e. The summed E-state index contributed by atoms with van der Waals surface area (Å²) < 4.78 is 0. The number of carboxylic acids is 1. The summed E-state index contributed by atoms with van der Waals surface area (Å²) in [5.74, 6) is -4.31. The van der Waals surface area contributed by atoms with E-state index in [0.717, 1.165) is 0 Å². The second-order valence-corrected chi connectivity index (χ2v) is 6.65. The molecule has 0 radical (unpaired) electrons. The van der Waals surface area contributed by atoms with E-state index in [9.17, 15) is 29.1 Å². The maximum atomic E-state index is 12.6. The van der Waals surface area contributed by atoms with Gasteiger partial charge in [-0.05, 0) is 12.3 Å². The van der Waals surface area contributed by atoms with Crippen LogP contribution in [0.3, 0.4) is 0 Å². The molecule has 160 valence electrons. The van der Waals surface area contributed by atoms with Gasteiger partial charge in [0.25, 0.3) is 0 Å². The van der Waals surface area contributed by atoms with E-state index in [2.05, 4.69) is 28.6 Å². The first kappa shape index (κ1) is 25.7. The van der Waals surface area contributed by atoms with Gasteiger partial charge in [0, 0.05) is 12.2 Å². The van der Waals surface area contributed by atoms with Gasteiger partial charge in [0.2, 0.25) is 23.6 Å². The lowest BCUT2D eigenvalue weighted by atomic mass is 9.97. The van der Waals surface area contributed by atoms with Crippen molar-refractivity contribution in [3.63, 3.8) is 0 Å². The fourth-order valence-corrected chi connectivity index (χ4v) is 2.47. The number of aliphatic carboxylic acids is 1. The Morgan fingerprint density at radius 3 is 2.07 bits per heavy atom. The van der Waals surface area contributed by atoms with Gasteiger partial charge in [0.15, 0.2) is 0 Å². The van der Waals surface area contributed by atoms with Gasteiger partial charge in [-0.15, -0.1) is 0 Å². The van der Waals surface area contributed by atoms with E-state index in [0.29, 0.717) is 6.42 Å². The number of carbonyl (C=O) groups is 5. The zero-order chi connectivity index (χ0) is 21.9. The molecule has 0 aromatic heterocycles. The summed E-state index contributed by atoms with van der Waals surface area (Å²) >= 11 is 4.01. The summed E-state index contributed by atoms with van der Waals surface area (Å²) in [5.41, 5.74) is 10.2. The second-order valence-electron chi connectivity index (χ2n) is 6.28. The van der Waals surface area contributed by atoms with Gasteiger partial charge in [0.1, 0.15) is 18.1 Å². The first-order chi connectivity index (χ1) is 13.1. The highest BCUT2D eigenvalue weighted by Gasteiger charge is 2.31. The Kier molecular flexibility index (Phi) is 11.9. The smallest absolute Gasteiger partial charge is 0.326 e. The Hall–Kier alpha value is -2.34. The van der Waals surface area contributed by atoms with Crippen LogP contribution in [-0.4, -0.2) is 65.1 Å². The van der Waals surface area contributed by atoms with Crippen LogP contribution >= 0.6 is 12.6 Å². The second kappa shape index (κ2) is 12.9. The molecule has 0 bridgehead atoms. The van der Waals surface area contributed by atoms with Crippen molar-refractivity contribution < 1.29 is 29.1 Å². The average Bonchev–Trinajstić information content (AvgIpc) is 2.65. The summed E-state index contributed by atoms with van der Waals surface area (Å²) in [7, 11) is 0. The van der Waals surface area contributed by atoms with Crippen LogP contribution in [0.5, 0.6) is 0 Å². The van der Waals surface area contributed by atoms with Crippen molar-refractivity contribution in [2.75, 3.05) is 12.3 Å². The van der Waals surface area contributed by atoms with Crippen LogP contribution in [0.2, 0.25) is 0 Å². The average molecular weight is 420 g/mol. The molecule has 0 aliphatic rings. The summed E-state index contributed by atoms with van der Waals surface area (Å²) in [6.07, 6.45) is 0.117. The number of nitrogens with one attached hydrogen (secondary N) is 3. The normalized spacial score (nSPS) is 14.9. The highest BCUT2D eigenvalue weighted by Crippen LogP contribution is 2.10. The molecule has 0 spiro atoms. The number of hydrogen-bond acceptors (Lipinski definition) is 7. The Bertz CT molecular complexity index is 588. The number of rotatable bonds is 13. The van der Waals surface area contributed by atoms with Crippen LogP contribution in [0.25, 0.3) is 0 Å². The summed E-state index contributed by atoms with van der Waals surface area (Å²) in [6.45, 7) is 3.19. The molecule has 0 aromatic rings. The highest BCUT2D eigenvalue weighted by atomic mass is 32.1. The van der Waals surface area contributed by atoms with E-state index in [4.69, 9.17) is 11.5 Å². The van der Waals surface area contributed by atoms with Crippen LogP contribution in [0.15, 0.2) is 0 Å². The van der Waals surface area contributed by atoms with Gasteiger partial charge in [0.05, 0.1) is 6.54 Å². The molecule has 4 atom stereocenters. The quantitative estimate of drug-likeness (QED) is 0.163. The lowest BCUT2D eigenvalue weighted by Gasteiger charge is -2.27. The third-order valence-electron chi connectivity index (χ3n) is 4.11. The third-order valence-corrected chi connectivity index (χ3v) is 4.47. The molecule has 0 aliphatic heterocycles. The lowest BCUT2D eigenvalue weighted by Crippen LogP contribution is -2.58. The van der Waals surface area contributed by atoms with E-state index in [1.165, 1.54) is 0 Å². The van der Waals surface area contributed by atoms with Crippen molar-refractivity contribution >= 4 is 42.2 Å². The predicted octanol–water partition coefficient (Wildman–Crippen LogP) is -2.27. The van der Waals surface area contributed by atoms with Gasteiger partial charge < -0.3 is 32.5 Å². The molecule has 4 amide bonds. The number of primary amides is 1. The lowest BCUT2D eigenvalue weighted by molar-refractivity contribution is -0.143. The minimum Gasteiger partial charge on any atom is -0.480 e. The monoisotopic (exact) mass is 419 g/mol. The molecule has 0 aliphatic carbocycles. The van der Waals surface area contributed by atoms with Gasteiger partial charge >= 0.3 is 5.97 Å². The van der Waals surface area contributed by atoms with E-state index in [-0.39, 0.29) is 31.1 Å². The summed E-state index contributed by atoms with van der Waals surface area (Å²) in [6, 6.07) is -3.39. The van der Waals surface area contributed by atoms with E-state index in [1.54, 1.807) is 13.8 Å². The summed E-state index contributed by atoms with van der Waals surface area (Å²) in [4.78, 5) is 58.6. The molecule has 11 nitrogen and oxygen atoms in total. The molecule has 8 N–H and O–H groups in total. The molecule has 0 rings (SSSR count). The van der Waals surface area contributed by atoms with Crippen molar-refractivity contribution in [3.8, 4) is 0 Å². The predicted molar refractivity (Wildman–Crippen MR) is 104 cm³/mol. The number of carbonyl (C=O) groups excluding carboxylic acids is 4. The van der Waals surface area contributed by atoms with Crippen LogP contribution in [0.4, 0.5) is 0 Å². The number of carboxylic acid groups (broad SMARTS) is 1. The number of thiol groups is 1. The van der Waals surface area contributed by atoms with Gasteiger partial charge in [-0.1, -0.05) is 20.3 Å². The summed E-state index contributed by atoms with van der Waals surface area (Å²) in [5, 5.41) is 16.4. The molecular formula is C16H29N5O6S. The van der Waals surface area contributed by atoms with Crippen LogP contribution in [-0.2, 0) is 24.0 Å². The minimum absolute atomic E-state index is 0.0250. The molecule has 28 heavy (non-hydrogen) atoms. The molecular weight excluding hydrogens is 390 g/mol. The van der Waals surface area contributed by atoms with Crippen LogP contribution in [0, 0.1) is 5.92 Å². The van der Waals surface area contributed by atoms with Crippen molar-refractivity contribution in [1.82, 2.24) is 16.0 Å². The first-order valence-corrected chi connectivity index (χ1v) is 9.42. The van der Waals surface area contributed by atoms with Gasteiger partial charge in [-0.25, -0.2) is 4.79 Å². The molecule has 0 saturated heterocycles. The topological polar surface area (TPSA) is 194 Å². The van der Waals surface area contributed by atoms with Crippen molar-refractivity contribution in [2.45, 2.75) is 51.2 Å². The Labute approximate surface area is 168 Å². The van der Waals surface area contributed by atoms with E-state index < -0.39 is 47.7 Å². The zero-order valence-corrected chi connectivity index (χ0v) is 16.8. The van der Waals surface area contributed by atoms with E-state index >= 15 is 0 Å². The van der Waals surface area contributed by atoms with Crippen molar-refractivity contribution in [3.05, 3.63) is 0 Å². The molecule has 0 saturated carbocycles. The van der Waals surface area contributed by atoms with E-state index in [1.807, 2.05) is 0 Å². The molecule has 4 unspecified atom stereocenters. The Morgan fingerprint density at radius 1 is 1.04 bits per heavy atom. The maximum absolute atomic E-state index is 12.6. The van der Waals surface area contributed by atoms with Gasteiger partial charge in [-0.3, -0.25) is 19.2 Å². The third kappa shape index (κ3) is 9.04. The minimum atomic E-state index is -1.33. The SMILES string of the molecule is CCC(C)C(NC(=O)C(CS)NC(=O)CN)C(=O)NC(CCC(N)=O)C(=O)O. The maximum Gasteiger partial charge on any atom is 0.326 e. The Balaban J connectivity index is 5.25. The fraction of sp³-hybridized carbons (Fsp3) is 0.688. The molecule has 0 heterocycles. The van der Waals surface area contributed by atoms with Crippen LogP contribution < -0.4 is 27.4 Å². The fourth-order valence-electron chi connectivity index (χ4n) is 2.21. The number of amides is 4. The Morgan fingerprint density at radius 2 is 1.64 bits per heavy atom. The standard InChI is InChI=1S/C16H29N5O6S/c1-3-8(2)13(21-14(24)10(7-28)19-12(23)6-17)15(25)20-9(16(26)27)4-5-11(18)22/h8-10,13,28H,3-7,17H2,1-2H3,(H2,18,22)(H,19,23)(H,20,25)(H,21,24)(H,26,27). The zero-order valence-electron chi connectivity index (χ0n) is 15.9. The molecule has 0 fully saturated rings. The van der Waals surface area contributed by atoms with Crippen LogP contribution in [0.1, 0.15) is 33.1 Å². The highest BCUT2D eigenvalue weighted by molar-refractivity contribution is 7.80. The van der Waals surface area contributed by atoms with Crippen molar-refractivity contribution in [1.29, 1.82) is 0 Å². The molecule has 12 heteroatoms.